The summed E-state index contributed by atoms with van der Waals surface area (Å²) >= 11 is 5.97. The van der Waals surface area contributed by atoms with Gasteiger partial charge in [-0.3, -0.25) is 4.79 Å². The van der Waals surface area contributed by atoms with Gasteiger partial charge in [-0.2, -0.15) is 4.72 Å². The number of benzene rings is 3. The van der Waals surface area contributed by atoms with Crippen LogP contribution in [-0.2, 0) is 10.0 Å². The van der Waals surface area contributed by atoms with Crippen LogP contribution in [0.25, 0.3) is 0 Å². The molecule has 0 aliphatic rings. The van der Waals surface area contributed by atoms with Crippen molar-refractivity contribution >= 4 is 27.4 Å². The van der Waals surface area contributed by atoms with Gasteiger partial charge in [0.2, 0.25) is 10.0 Å². The van der Waals surface area contributed by atoms with Gasteiger partial charge < -0.3 is 0 Å². The molecule has 1 atom stereocenters. The molecule has 3 rings (SSSR count). The first-order chi connectivity index (χ1) is 12.9. The van der Waals surface area contributed by atoms with Crippen molar-refractivity contribution in [3.05, 3.63) is 101 Å². The van der Waals surface area contributed by atoms with Gasteiger partial charge in [0.1, 0.15) is 0 Å². The number of hydrogen-bond acceptors (Lipinski definition) is 3. The van der Waals surface area contributed by atoms with Crippen LogP contribution in [0.1, 0.15) is 34.5 Å². The fourth-order valence-corrected chi connectivity index (χ4v) is 4.06. The van der Waals surface area contributed by atoms with E-state index in [-0.39, 0.29) is 10.7 Å². The van der Waals surface area contributed by atoms with E-state index < -0.39 is 16.1 Å². The van der Waals surface area contributed by atoms with E-state index in [1.54, 1.807) is 24.3 Å². The van der Waals surface area contributed by atoms with E-state index >= 15 is 0 Å². The van der Waals surface area contributed by atoms with Gasteiger partial charge in [-0.25, -0.2) is 8.42 Å². The van der Waals surface area contributed by atoms with Crippen LogP contribution in [0.3, 0.4) is 0 Å². The Kier molecular flexibility index (Phi) is 5.75. The largest absolute Gasteiger partial charge is 0.295 e. The van der Waals surface area contributed by atoms with Crippen LogP contribution in [0.15, 0.2) is 83.8 Å². The Morgan fingerprint density at radius 2 is 1.41 bits per heavy atom. The molecule has 0 amide bonds. The summed E-state index contributed by atoms with van der Waals surface area (Å²) in [5.41, 5.74) is 2.05. The third-order valence-corrected chi connectivity index (χ3v) is 5.87. The molecule has 0 saturated carbocycles. The van der Waals surface area contributed by atoms with Crippen LogP contribution in [0.2, 0.25) is 5.02 Å². The molecule has 27 heavy (non-hydrogen) atoms. The van der Waals surface area contributed by atoms with Gasteiger partial charge in [0.25, 0.3) is 0 Å². The molecule has 0 spiro atoms. The van der Waals surface area contributed by atoms with Crippen molar-refractivity contribution in [3.63, 3.8) is 0 Å². The van der Waals surface area contributed by atoms with Gasteiger partial charge in [0.15, 0.2) is 5.78 Å². The molecule has 0 bridgehead atoms. The minimum atomic E-state index is -3.80. The number of Topliss-reactive ketones (excluding diaryl/α,β-unsaturated/α-hetero) is 1. The highest BCUT2D eigenvalue weighted by molar-refractivity contribution is 7.89. The first-order valence-corrected chi connectivity index (χ1v) is 10.2. The lowest BCUT2D eigenvalue weighted by Crippen LogP contribution is -2.29. The van der Waals surface area contributed by atoms with Crippen LogP contribution < -0.4 is 4.72 Å². The van der Waals surface area contributed by atoms with Crippen molar-refractivity contribution in [2.75, 3.05) is 0 Å². The summed E-state index contributed by atoms with van der Waals surface area (Å²) in [6.07, 6.45) is 0. The lowest BCUT2D eigenvalue weighted by atomic mass is 10.00. The normalized spacial score (nSPS) is 12.5. The van der Waals surface area contributed by atoms with Crippen molar-refractivity contribution in [2.24, 2.45) is 0 Å². The van der Waals surface area contributed by atoms with E-state index in [4.69, 9.17) is 11.6 Å². The number of sulfonamides is 1. The Morgan fingerprint density at radius 3 is 1.96 bits per heavy atom. The average molecular weight is 400 g/mol. The Morgan fingerprint density at radius 1 is 0.852 bits per heavy atom. The Hall–Kier alpha value is -2.47. The summed E-state index contributed by atoms with van der Waals surface area (Å²) < 4.78 is 28.6. The van der Waals surface area contributed by atoms with Crippen molar-refractivity contribution < 1.29 is 13.2 Å². The minimum absolute atomic E-state index is 0.0994. The predicted octanol–water partition coefficient (Wildman–Crippen LogP) is 4.61. The summed E-state index contributed by atoms with van der Waals surface area (Å²) in [4.78, 5) is 11.5. The summed E-state index contributed by atoms with van der Waals surface area (Å²) in [6.45, 7) is 1.44. The summed E-state index contributed by atoms with van der Waals surface area (Å²) in [5, 5.41) is 0.577. The first-order valence-electron chi connectivity index (χ1n) is 8.30. The molecule has 0 fully saturated rings. The number of carbonyl (C=O) groups is 1. The van der Waals surface area contributed by atoms with Gasteiger partial charge in [0.05, 0.1) is 10.9 Å². The fourth-order valence-electron chi connectivity index (χ4n) is 2.72. The number of halogens is 1. The highest BCUT2D eigenvalue weighted by Crippen LogP contribution is 2.26. The molecule has 0 heterocycles. The third kappa shape index (κ3) is 4.63. The molecule has 0 saturated heterocycles. The molecule has 3 aromatic carbocycles. The van der Waals surface area contributed by atoms with E-state index in [1.807, 2.05) is 30.3 Å². The maximum absolute atomic E-state index is 12.9. The molecular weight excluding hydrogens is 382 g/mol. The van der Waals surface area contributed by atoms with E-state index in [0.717, 1.165) is 11.1 Å². The fraction of sp³-hybridized carbons (Fsp3) is 0.0952. The summed E-state index contributed by atoms with van der Waals surface area (Å²) in [6, 6.07) is 21.7. The van der Waals surface area contributed by atoms with Crippen molar-refractivity contribution in [1.29, 1.82) is 0 Å². The van der Waals surface area contributed by atoms with Crippen molar-refractivity contribution in [3.8, 4) is 0 Å². The van der Waals surface area contributed by atoms with Crippen LogP contribution in [0.5, 0.6) is 0 Å². The lowest BCUT2D eigenvalue weighted by Gasteiger charge is -2.20. The molecule has 0 aliphatic carbocycles. The summed E-state index contributed by atoms with van der Waals surface area (Å²) in [5.74, 6) is -0.116. The molecule has 0 radical (unpaired) electrons. The zero-order chi connectivity index (χ0) is 19.4. The number of rotatable bonds is 6. The number of carbonyl (C=O) groups excluding carboxylic acids is 1. The first kappa shape index (κ1) is 19.3. The van der Waals surface area contributed by atoms with E-state index in [2.05, 4.69) is 4.72 Å². The van der Waals surface area contributed by atoms with E-state index in [1.165, 1.54) is 31.2 Å². The highest BCUT2D eigenvalue weighted by atomic mass is 35.5. The third-order valence-electron chi connectivity index (χ3n) is 4.18. The molecule has 6 heteroatoms. The number of nitrogens with one attached hydrogen (secondary N) is 1. The smallest absolute Gasteiger partial charge is 0.241 e. The summed E-state index contributed by atoms with van der Waals surface area (Å²) in [7, 11) is -3.80. The molecule has 3 aromatic rings. The molecule has 1 N–H and O–H groups in total. The van der Waals surface area contributed by atoms with Crippen LogP contribution in [0.4, 0.5) is 0 Å². The van der Waals surface area contributed by atoms with Gasteiger partial charge in [0, 0.05) is 10.6 Å². The van der Waals surface area contributed by atoms with Crippen molar-refractivity contribution in [1.82, 2.24) is 4.72 Å². The molecule has 0 unspecified atom stereocenters. The van der Waals surface area contributed by atoms with Crippen LogP contribution >= 0.6 is 11.6 Å². The molecule has 4 nitrogen and oxygen atoms in total. The molecule has 0 aromatic heterocycles. The molecular formula is C21H18ClNO3S. The zero-order valence-corrected chi connectivity index (χ0v) is 16.2. The second-order valence-electron chi connectivity index (χ2n) is 6.10. The standard InChI is InChI=1S/C21H18ClNO3S/c1-15(24)16-9-13-20(14-10-16)27(25,26)23-21(17-5-3-2-4-6-17)18-7-11-19(22)12-8-18/h2-14,21,23H,1H3/t21-/m0/s1. The minimum Gasteiger partial charge on any atom is -0.295 e. The zero-order valence-electron chi connectivity index (χ0n) is 14.6. The van der Waals surface area contributed by atoms with E-state index in [9.17, 15) is 13.2 Å². The Bertz CT molecular complexity index is 1030. The quantitative estimate of drug-likeness (QED) is 0.615. The lowest BCUT2D eigenvalue weighted by molar-refractivity contribution is 0.101. The maximum Gasteiger partial charge on any atom is 0.241 e. The Balaban J connectivity index is 1.98. The SMILES string of the molecule is CC(=O)c1ccc(S(=O)(=O)N[C@@H](c2ccccc2)c2ccc(Cl)cc2)cc1. The Labute approximate surface area is 163 Å². The topological polar surface area (TPSA) is 63.2 Å². The van der Waals surface area contributed by atoms with E-state index in [0.29, 0.717) is 10.6 Å². The van der Waals surface area contributed by atoms with Gasteiger partial charge >= 0.3 is 0 Å². The molecule has 138 valence electrons. The average Bonchev–Trinajstić information content (AvgIpc) is 2.68. The van der Waals surface area contributed by atoms with Crippen molar-refractivity contribution in [2.45, 2.75) is 17.9 Å². The second kappa shape index (κ2) is 8.05. The predicted molar refractivity (Wildman–Crippen MR) is 107 cm³/mol. The number of ketones is 1. The monoisotopic (exact) mass is 399 g/mol. The van der Waals surface area contributed by atoms with Gasteiger partial charge in [-0.15, -0.1) is 0 Å². The number of hydrogen-bond donors (Lipinski definition) is 1. The second-order valence-corrected chi connectivity index (χ2v) is 8.25. The highest BCUT2D eigenvalue weighted by Gasteiger charge is 2.23. The van der Waals surface area contributed by atoms with Gasteiger partial charge in [-0.1, -0.05) is 66.2 Å². The van der Waals surface area contributed by atoms with Gasteiger partial charge in [-0.05, 0) is 42.3 Å². The maximum atomic E-state index is 12.9. The van der Waals surface area contributed by atoms with Crippen LogP contribution in [0, 0.1) is 0 Å². The molecule has 0 aliphatic heterocycles. The van der Waals surface area contributed by atoms with Crippen LogP contribution in [-0.4, -0.2) is 14.2 Å².